The minimum Gasteiger partial charge on any atom is -0.457 e. The van der Waals surface area contributed by atoms with Crippen molar-refractivity contribution in [2.45, 2.75) is 64.5 Å². The van der Waals surface area contributed by atoms with Crippen molar-refractivity contribution in [3.63, 3.8) is 0 Å². The number of halogens is 1. The fraction of sp³-hybridized carbons (Fsp3) is 0.407. The Labute approximate surface area is 208 Å². The summed E-state index contributed by atoms with van der Waals surface area (Å²) in [6.07, 6.45) is 3.40. The summed E-state index contributed by atoms with van der Waals surface area (Å²) < 4.78 is 12.9. The van der Waals surface area contributed by atoms with Gasteiger partial charge < -0.3 is 14.5 Å². The maximum atomic E-state index is 12.7. The lowest BCUT2D eigenvalue weighted by Gasteiger charge is -2.34. The molecule has 1 amide bonds. The first-order valence-corrected chi connectivity index (χ1v) is 12.5. The third-order valence-corrected chi connectivity index (χ3v) is 7.09. The van der Waals surface area contributed by atoms with Crippen LogP contribution in [0.1, 0.15) is 70.3 Å². The number of aromatic amines is 1. The molecule has 3 heterocycles. The Kier molecular flexibility index (Phi) is 5.51. The number of carbonyl (C=O) groups is 1. The molecular formula is C27H30BrN3O3. The summed E-state index contributed by atoms with van der Waals surface area (Å²) in [5.41, 5.74) is 3.46. The van der Waals surface area contributed by atoms with Crippen LogP contribution in [0.15, 0.2) is 47.1 Å². The molecule has 1 atom stereocenters. The fourth-order valence-electron chi connectivity index (χ4n) is 4.90. The lowest BCUT2D eigenvalue weighted by atomic mass is 9.75. The number of imidazole rings is 1. The van der Waals surface area contributed by atoms with Crippen LogP contribution in [0.4, 0.5) is 4.79 Å². The van der Waals surface area contributed by atoms with E-state index >= 15 is 0 Å². The molecule has 1 N–H and O–H groups in total. The molecule has 1 fully saturated rings. The van der Waals surface area contributed by atoms with Crippen molar-refractivity contribution in [3.05, 3.63) is 63.9 Å². The lowest BCUT2D eigenvalue weighted by molar-refractivity contribution is 0.0222. The van der Waals surface area contributed by atoms with Crippen molar-refractivity contribution in [1.82, 2.24) is 14.9 Å². The molecule has 1 aromatic heterocycles. The highest BCUT2D eigenvalue weighted by Crippen LogP contribution is 2.49. The predicted molar refractivity (Wildman–Crippen MR) is 135 cm³/mol. The Hall–Kier alpha value is -2.80. The molecule has 0 radical (unpaired) electrons. The zero-order valence-corrected chi connectivity index (χ0v) is 21.8. The summed E-state index contributed by atoms with van der Waals surface area (Å²) in [6.45, 7) is 10.8. The van der Waals surface area contributed by atoms with Crippen molar-refractivity contribution in [3.8, 4) is 22.9 Å². The van der Waals surface area contributed by atoms with E-state index < -0.39 is 5.60 Å². The van der Waals surface area contributed by atoms with Gasteiger partial charge in [0, 0.05) is 33.1 Å². The first kappa shape index (κ1) is 23.0. The molecule has 0 bridgehead atoms. The van der Waals surface area contributed by atoms with Gasteiger partial charge in [0.25, 0.3) is 0 Å². The Morgan fingerprint density at radius 2 is 1.97 bits per heavy atom. The van der Waals surface area contributed by atoms with Gasteiger partial charge in [-0.2, -0.15) is 0 Å². The smallest absolute Gasteiger partial charge is 0.410 e. The van der Waals surface area contributed by atoms with Crippen LogP contribution in [0.5, 0.6) is 11.5 Å². The van der Waals surface area contributed by atoms with E-state index in [0.717, 1.165) is 57.0 Å². The van der Waals surface area contributed by atoms with Gasteiger partial charge in [-0.25, -0.2) is 9.78 Å². The first-order chi connectivity index (χ1) is 16.0. The monoisotopic (exact) mass is 523 g/mol. The minimum atomic E-state index is -0.518. The summed E-state index contributed by atoms with van der Waals surface area (Å²) in [5, 5.41) is 0. The van der Waals surface area contributed by atoms with Crippen molar-refractivity contribution in [1.29, 1.82) is 0 Å². The van der Waals surface area contributed by atoms with Gasteiger partial charge in [-0.3, -0.25) is 4.90 Å². The lowest BCUT2D eigenvalue weighted by Crippen LogP contribution is -2.36. The zero-order chi connectivity index (χ0) is 24.3. The number of hydrogen-bond donors (Lipinski definition) is 1. The second-order valence-electron chi connectivity index (χ2n) is 10.6. The van der Waals surface area contributed by atoms with Gasteiger partial charge >= 0.3 is 6.09 Å². The molecule has 2 aromatic carbocycles. The summed E-state index contributed by atoms with van der Waals surface area (Å²) in [5.74, 6) is 2.52. The Bertz CT molecular complexity index is 1260. The van der Waals surface area contributed by atoms with E-state index in [-0.39, 0.29) is 17.6 Å². The molecule has 0 aliphatic carbocycles. The van der Waals surface area contributed by atoms with Crippen molar-refractivity contribution < 1.29 is 14.3 Å². The van der Waals surface area contributed by atoms with Gasteiger partial charge in [0.05, 0.1) is 17.9 Å². The highest BCUT2D eigenvalue weighted by atomic mass is 79.9. The average molecular weight is 524 g/mol. The van der Waals surface area contributed by atoms with E-state index in [0.29, 0.717) is 6.54 Å². The number of fused-ring (bicyclic) bond motifs is 2. The number of rotatable bonds is 2. The van der Waals surface area contributed by atoms with Crippen molar-refractivity contribution in [2.75, 3.05) is 6.54 Å². The van der Waals surface area contributed by atoms with E-state index in [4.69, 9.17) is 9.47 Å². The third-order valence-electron chi connectivity index (χ3n) is 6.60. The van der Waals surface area contributed by atoms with Crippen LogP contribution in [-0.4, -0.2) is 33.1 Å². The number of amides is 1. The maximum Gasteiger partial charge on any atom is 0.410 e. The topological polar surface area (TPSA) is 67.4 Å². The van der Waals surface area contributed by atoms with E-state index in [1.54, 1.807) is 4.90 Å². The van der Waals surface area contributed by atoms with E-state index in [1.165, 1.54) is 0 Å². The van der Waals surface area contributed by atoms with Gasteiger partial charge in [-0.15, -0.1) is 0 Å². The van der Waals surface area contributed by atoms with Crippen LogP contribution in [-0.2, 0) is 10.2 Å². The van der Waals surface area contributed by atoms with E-state index in [9.17, 15) is 4.79 Å². The van der Waals surface area contributed by atoms with Crippen LogP contribution in [0.3, 0.4) is 0 Å². The number of aromatic nitrogens is 2. The molecule has 7 heteroatoms. The number of likely N-dealkylation sites (tertiary alicyclic amines) is 1. The molecule has 2 aliphatic rings. The van der Waals surface area contributed by atoms with Gasteiger partial charge in [-0.05, 0) is 63.9 Å². The summed E-state index contributed by atoms with van der Waals surface area (Å²) >= 11 is 3.54. The molecule has 34 heavy (non-hydrogen) atoms. The van der Waals surface area contributed by atoms with Crippen LogP contribution in [0.25, 0.3) is 11.4 Å². The number of H-pyrrole nitrogens is 1. The second-order valence-corrected chi connectivity index (χ2v) is 11.5. The predicted octanol–water partition coefficient (Wildman–Crippen LogP) is 7.34. The van der Waals surface area contributed by atoms with E-state index in [2.05, 4.69) is 57.9 Å². The van der Waals surface area contributed by atoms with E-state index in [1.807, 2.05) is 45.2 Å². The van der Waals surface area contributed by atoms with Gasteiger partial charge in [0.2, 0.25) is 0 Å². The van der Waals surface area contributed by atoms with Gasteiger partial charge in [0.1, 0.15) is 22.9 Å². The SMILES string of the molecule is CC(C)(C)OC(=O)N1CCC[C@H]1c1cnc(-c2ccc3c(c2)C(C)(C)c2ccc(Br)cc2O3)[nH]1. The highest BCUT2D eigenvalue weighted by molar-refractivity contribution is 9.10. The summed E-state index contributed by atoms with van der Waals surface area (Å²) in [7, 11) is 0. The molecule has 6 nitrogen and oxygen atoms in total. The number of ether oxygens (including phenoxy) is 2. The minimum absolute atomic E-state index is 0.0566. The first-order valence-electron chi connectivity index (χ1n) is 11.7. The van der Waals surface area contributed by atoms with Gasteiger partial charge in [-0.1, -0.05) is 35.8 Å². The highest BCUT2D eigenvalue weighted by Gasteiger charge is 2.36. The molecule has 2 aliphatic heterocycles. The van der Waals surface area contributed by atoms with Gasteiger partial charge in [0.15, 0.2) is 0 Å². The largest absolute Gasteiger partial charge is 0.457 e. The molecule has 3 aromatic rings. The Morgan fingerprint density at radius 3 is 2.74 bits per heavy atom. The average Bonchev–Trinajstić information content (AvgIpc) is 3.42. The summed E-state index contributed by atoms with van der Waals surface area (Å²) in [6, 6.07) is 12.3. The maximum absolute atomic E-state index is 12.7. The number of nitrogens with zero attached hydrogens (tertiary/aromatic N) is 2. The summed E-state index contributed by atoms with van der Waals surface area (Å²) in [4.78, 5) is 22.7. The normalized spacial score (nSPS) is 18.8. The standard InChI is InChI=1S/C27H30BrN3O3/c1-26(2,3)34-25(32)31-12-6-7-21(31)20-15-29-24(30-20)16-8-11-22-19(13-16)27(4,5)18-10-9-17(28)14-23(18)33-22/h8-11,13-15,21H,6-7,12H2,1-5H3,(H,29,30)/t21-/m0/s1. The fourth-order valence-corrected chi connectivity index (χ4v) is 5.24. The quantitative estimate of drug-likeness (QED) is 0.381. The number of benzene rings is 2. The molecule has 178 valence electrons. The Morgan fingerprint density at radius 1 is 1.18 bits per heavy atom. The van der Waals surface area contributed by atoms with Crippen LogP contribution in [0.2, 0.25) is 0 Å². The molecule has 0 unspecified atom stereocenters. The number of hydrogen-bond acceptors (Lipinski definition) is 4. The zero-order valence-electron chi connectivity index (χ0n) is 20.2. The molecular weight excluding hydrogens is 494 g/mol. The molecule has 0 saturated carbocycles. The third kappa shape index (κ3) is 4.11. The number of nitrogens with one attached hydrogen (secondary N) is 1. The number of carbonyl (C=O) groups excluding carboxylic acids is 1. The van der Waals surface area contributed by atoms with Crippen LogP contribution < -0.4 is 4.74 Å². The van der Waals surface area contributed by atoms with Crippen molar-refractivity contribution in [2.24, 2.45) is 0 Å². The molecule has 0 spiro atoms. The second kappa shape index (κ2) is 8.15. The molecule has 1 saturated heterocycles. The molecule has 5 rings (SSSR count). The van der Waals surface area contributed by atoms with Crippen LogP contribution >= 0.6 is 15.9 Å². The van der Waals surface area contributed by atoms with Crippen LogP contribution in [0, 0.1) is 0 Å². The Balaban J connectivity index is 1.43. The van der Waals surface area contributed by atoms with Crippen molar-refractivity contribution >= 4 is 22.0 Å².